The summed E-state index contributed by atoms with van der Waals surface area (Å²) in [5, 5.41) is 14.0. The third-order valence-electron chi connectivity index (χ3n) is 5.09. The molecule has 1 fully saturated rings. The molecule has 1 aliphatic carbocycles. The van der Waals surface area contributed by atoms with Crippen LogP contribution in [0.15, 0.2) is 41.2 Å². The maximum atomic E-state index is 12.9. The summed E-state index contributed by atoms with van der Waals surface area (Å²) in [6.45, 7) is 1.78. The van der Waals surface area contributed by atoms with Crippen molar-refractivity contribution in [1.82, 2.24) is 14.5 Å². The first-order valence-corrected chi connectivity index (χ1v) is 9.08. The van der Waals surface area contributed by atoms with Crippen LogP contribution in [0.1, 0.15) is 51.6 Å². The second kappa shape index (κ2) is 6.20. The van der Waals surface area contributed by atoms with Gasteiger partial charge in [-0.2, -0.15) is 5.26 Å². The number of hydrogen-bond donors (Lipinski definition) is 0. The van der Waals surface area contributed by atoms with Gasteiger partial charge in [0.1, 0.15) is 12.7 Å². The highest BCUT2D eigenvalue weighted by molar-refractivity contribution is 6.03. The molecule has 7 heteroatoms. The van der Waals surface area contributed by atoms with Gasteiger partial charge in [0, 0.05) is 29.6 Å². The van der Waals surface area contributed by atoms with E-state index in [1.165, 1.54) is 0 Å². The molecule has 1 aliphatic rings. The minimum atomic E-state index is -0.472. The minimum absolute atomic E-state index is 0.0102. The number of aromatic nitrogens is 3. The number of rotatable bonds is 4. The monoisotopic (exact) mass is 372 g/mol. The summed E-state index contributed by atoms with van der Waals surface area (Å²) >= 11 is 0. The molecule has 7 nitrogen and oxygen atoms in total. The zero-order valence-electron chi connectivity index (χ0n) is 15.2. The van der Waals surface area contributed by atoms with E-state index in [2.05, 4.69) is 16.2 Å². The first kappa shape index (κ1) is 16.5. The number of carbonyl (C=O) groups is 1. The smallest absolute Gasteiger partial charge is 0.339 e. The number of pyridine rings is 2. The molecule has 0 saturated heterocycles. The van der Waals surface area contributed by atoms with Gasteiger partial charge in [-0.25, -0.2) is 9.78 Å². The van der Waals surface area contributed by atoms with Gasteiger partial charge in [-0.1, -0.05) is 11.2 Å². The Hall–Kier alpha value is -3.66. The maximum absolute atomic E-state index is 12.9. The van der Waals surface area contributed by atoms with Crippen LogP contribution in [0.3, 0.4) is 0 Å². The lowest BCUT2D eigenvalue weighted by molar-refractivity contribution is 0.0474. The molecule has 1 saturated carbocycles. The molecule has 5 rings (SSSR count). The first-order valence-electron chi connectivity index (χ1n) is 9.08. The van der Waals surface area contributed by atoms with Crippen molar-refractivity contribution in [1.29, 1.82) is 5.26 Å². The number of hydrogen-bond acceptors (Lipinski definition) is 6. The van der Waals surface area contributed by atoms with Crippen LogP contribution in [-0.4, -0.2) is 20.5 Å². The van der Waals surface area contributed by atoms with E-state index in [1.54, 1.807) is 13.0 Å². The zero-order chi connectivity index (χ0) is 19.3. The Morgan fingerprint density at radius 3 is 3.07 bits per heavy atom. The summed E-state index contributed by atoms with van der Waals surface area (Å²) in [6.07, 6.45) is 5.78. The number of nitriles is 1. The summed E-state index contributed by atoms with van der Waals surface area (Å²) in [4.78, 5) is 17.4. The number of esters is 1. The second-order valence-corrected chi connectivity index (χ2v) is 7.03. The molecular formula is C21H16N4O3. The van der Waals surface area contributed by atoms with Crippen molar-refractivity contribution >= 4 is 22.6 Å². The van der Waals surface area contributed by atoms with Crippen LogP contribution in [0.4, 0.5) is 0 Å². The Bertz CT molecular complexity index is 1270. The van der Waals surface area contributed by atoms with E-state index in [9.17, 15) is 10.1 Å². The topological polar surface area (TPSA) is 93.4 Å². The molecule has 0 atom stereocenters. The molecule has 138 valence electrons. The van der Waals surface area contributed by atoms with Gasteiger partial charge in [-0.3, -0.25) is 0 Å². The fraction of sp³-hybridized carbons (Fsp3) is 0.238. The van der Waals surface area contributed by atoms with E-state index in [-0.39, 0.29) is 6.61 Å². The SMILES string of the molecule is Cc1noc2nc(C3CC3)cc(C(=O)OCc3cn4ccccc4c3C#N)c12. The average Bonchev–Trinajstić information content (AvgIpc) is 3.41. The van der Waals surface area contributed by atoms with Gasteiger partial charge in [-0.15, -0.1) is 0 Å². The van der Waals surface area contributed by atoms with E-state index >= 15 is 0 Å². The number of nitrogens with zero attached hydrogens (tertiary/aromatic N) is 4. The van der Waals surface area contributed by atoms with Crippen LogP contribution in [0, 0.1) is 18.3 Å². The summed E-state index contributed by atoms with van der Waals surface area (Å²) in [5.41, 5.74) is 4.17. The Balaban J connectivity index is 1.48. The van der Waals surface area contributed by atoms with Gasteiger partial charge < -0.3 is 13.7 Å². The lowest BCUT2D eigenvalue weighted by atomic mass is 10.1. The molecule has 0 spiro atoms. The van der Waals surface area contributed by atoms with E-state index < -0.39 is 5.97 Å². The van der Waals surface area contributed by atoms with E-state index in [0.29, 0.717) is 39.4 Å². The Kier molecular flexibility index (Phi) is 3.66. The van der Waals surface area contributed by atoms with Crippen LogP contribution < -0.4 is 0 Å². The second-order valence-electron chi connectivity index (χ2n) is 7.03. The molecule has 0 aromatic carbocycles. The maximum Gasteiger partial charge on any atom is 0.339 e. The highest BCUT2D eigenvalue weighted by Gasteiger charge is 2.29. The van der Waals surface area contributed by atoms with Gasteiger partial charge in [-0.05, 0) is 38.0 Å². The molecule has 28 heavy (non-hydrogen) atoms. The lowest BCUT2D eigenvalue weighted by Crippen LogP contribution is -2.08. The Morgan fingerprint density at radius 2 is 2.29 bits per heavy atom. The predicted octanol–water partition coefficient (Wildman–Crippen LogP) is 3.89. The fourth-order valence-electron chi connectivity index (χ4n) is 3.50. The van der Waals surface area contributed by atoms with Crippen molar-refractivity contribution < 1.29 is 14.1 Å². The molecule has 0 aliphatic heterocycles. The average molecular weight is 372 g/mol. The third-order valence-corrected chi connectivity index (χ3v) is 5.09. The van der Waals surface area contributed by atoms with Crippen LogP contribution >= 0.6 is 0 Å². The third kappa shape index (κ3) is 2.62. The largest absolute Gasteiger partial charge is 0.457 e. The minimum Gasteiger partial charge on any atom is -0.457 e. The van der Waals surface area contributed by atoms with Crippen LogP contribution in [-0.2, 0) is 11.3 Å². The standard InChI is InChI=1S/C21H16N4O3/c1-12-19-15(8-17(13-5-6-13)23-20(19)28-24-12)21(26)27-11-14-10-25-7-3-2-4-18(25)16(14)9-22/h2-4,7-8,10,13H,5-6,11H2,1H3. The molecule has 4 aromatic heterocycles. The molecule has 0 N–H and O–H groups in total. The summed E-state index contributed by atoms with van der Waals surface area (Å²) in [5.74, 6) is -0.108. The van der Waals surface area contributed by atoms with Gasteiger partial charge in [0.05, 0.1) is 27.7 Å². The van der Waals surface area contributed by atoms with Gasteiger partial charge in [0.15, 0.2) is 0 Å². The predicted molar refractivity (Wildman–Crippen MR) is 99.7 cm³/mol. The number of aryl methyl sites for hydroxylation is 1. The number of ether oxygens (including phenoxy) is 1. The van der Waals surface area contributed by atoms with E-state index in [1.807, 2.05) is 35.0 Å². The molecule has 0 amide bonds. The Labute approximate surface area is 160 Å². The zero-order valence-corrected chi connectivity index (χ0v) is 15.2. The van der Waals surface area contributed by atoms with Crippen molar-refractivity contribution in [2.75, 3.05) is 0 Å². The van der Waals surface area contributed by atoms with Crippen LogP contribution in [0.25, 0.3) is 16.6 Å². The summed E-state index contributed by atoms with van der Waals surface area (Å²) in [6, 6.07) is 9.60. The first-order chi connectivity index (χ1) is 13.7. The van der Waals surface area contributed by atoms with Crippen molar-refractivity contribution in [3.05, 3.63) is 64.7 Å². The van der Waals surface area contributed by atoms with Gasteiger partial charge in [0.2, 0.25) is 0 Å². The molecule has 4 heterocycles. The van der Waals surface area contributed by atoms with E-state index in [4.69, 9.17) is 9.26 Å². The summed E-state index contributed by atoms with van der Waals surface area (Å²) in [7, 11) is 0. The quantitative estimate of drug-likeness (QED) is 0.505. The number of carbonyl (C=O) groups excluding carboxylic acids is 1. The Morgan fingerprint density at radius 1 is 1.43 bits per heavy atom. The molecule has 0 unspecified atom stereocenters. The van der Waals surface area contributed by atoms with Crippen LogP contribution in [0.5, 0.6) is 0 Å². The molecular weight excluding hydrogens is 356 g/mol. The number of fused-ring (bicyclic) bond motifs is 2. The van der Waals surface area contributed by atoms with Crippen molar-refractivity contribution in [3.63, 3.8) is 0 Å². The van der Waals surface area contributed by atoms with Gasteiger partial charge >= 0.3 is 5.97 Å². The lowest BCUT2D eigenvalue weighted by Gasteiger charge is -2.07. The van der Waals surface area contributed by atoms with Crippen molar-refractivity contribution in [2.24, 2.45) is 0 Å². The van der Waals surface area contributed by atoms with Crippen molar-refractivity contribution in [3.8, 4) is 6.07 Å². The highest BCUT2D eigenvalue weighted by Crippen LogP contribution is 2.40. The van der Waals surface area contributed by atoms with Gasteiger partial charge in [0.25, 0.3) is 5.71 Å². The normalized spacial score (nSPS) is 13.7. The van der Waals surface area contributed by atoms with Crippen LogP contribution in [0.2, 0.25) is 0 Å². The fourth-order valence-corrected chi connectivity index (χ4v) is 3.50. The molecule has 4 aromatic rings. The van der Waals surface area contributed by atoms with E-state index in [0.717, 1.165) is 24.1 Å². The van der Waals surface area contributed by atoms with Crippen molar-refractivity contribution in [2.45, 2.75) is 32.3 Å². The highest BCUT2D eigenvalue weighted by atomic mass is 16.5. The summed E-state index contributed by atoms with van der Waals surface area (Å²) < 4.78 is 12.7. The molecule has 0 radical (unpaired) electrons. The molecule has 0 bridgehead atoms.